The fourth-order valence-electron chi connectivity index (χ4n) is 1.46. The van der Waals surface area contributed by atoms with Gasteiger partial charge in [0.1, 0.15) is 0 Å². The average Bonchev–Trinajstić information content (AvgIpc) is 2.81. The standard InChI is InChI=1S/C10H14N2O2S/c13-10(8-1-4-15-7-8)12-5-9-6-14-3-2-11-9/h1,4,7,9,11H,2-3,5-6H2,(H,12,13). The molecular formula is C10H14N2O2S. The molecule has 15 heavy (non-hydrogen) atoms. The minimum atomic E-state index is -0.0105. The lowest BCUT2D eigenvalue weighted by Crippen LogP contribution is -2.48. The summed E-state index contributed by atoms with van der Waals surface area (Å²) in [7, 11) is 0. The molecule has 0 aromatic carbocycles. The predicted molar refractivity (Wildman–Crippen MR) is 59.3 cm³/mol. The summed E-state index contributed by atoms with van der Waals surface area (Å²) in [5.41, 5.74) is 0.733. The van der Waals surface area contributed by atoms with E-state index in [1.54, 1.807) is 0 Å². The molecule has 1 fully saturated rings. The summed E-state index contributed by atoms with van der Waals surface area (Å²) in [6.07, 6.45) is 0. The minimum absolute atomic E-state index is 0.0105. The average molecular weight is 226 g/mol. The summed E-state index contributed by atoms with van der Waals surface area (Å²) in [4.78, 5) is 11.6. The van der Waals surface area contributed by atoms with Gasteiger partial charge in [0.25, 0.3) is 5.91 Å². The van der Waals surface area contributed by atoms with Crippen LogP contribution in [0.5, 0.6) is 0 Å². The molecule has 1 amide bonds. The van der Waals surface area contributed by atoms with Crippen molar-refractivity contribution in [2.24, 2.45) is 0 Å². The Kier molecular flexibility index (Phi) is 3.71. The van der Waals surface area contributed by atoms with Crippen LogP contribution in [0.2, 0.25) is 0 Å². The summed E-state index contributed by atoms with van der Waals surface area (Å²) in [5.74, 6) is -0.0105. The molecule has 2 N–H and O–H groups in total. The Bertz CT molecular complexity index is 307. The van der Waals surface area contributed by atoms with Crippen molar-refractivity contribution in [3.8, 4) is 0 Å². The number of ether oxygens (including phenoxy) is 1. The molecule has 2 heterocycles. The van der Waals surface area contributed by atoms with Crippen LogP contribution < -0.4 is 10.6 Å². The van der Waals surface area contributed by atoms with Gasteiger partial charge in [-0.1, -0.05) is 0 Å². The van der Waals surface area contributed by atoms with Crippen molar-refractivity contribution in [1.29, 1.82) is 0 Å². The predicted octanol–water partition coefficient (Wildman–Crippen LogP) is 0.466. The highest BCUT2D eigenvalue weighted by molar-refractivity contribution is 7.08. The lowest BCUT2D eigenvalue weighted by Gasteiger charge is -2.23. The Morgan fingerprint density at radius 2 is 2.67 bits per heavy atom. The van der Waals surface area contributed by atoms with Crippen LogP contribution in [-0.2, 0) is 4.74 Å². The molecule has 0 radical (unpaired) electrons. The topological polar surface area (TPSA) is 50.4 Å². The van der Waals surface area contributed by atoms with Gasteiger partial charge in [-0.3, -0.25) is 4.79 Å². The SMILES string of the molecule is O=C(NCC1COCCN1)c1ccsc1. The second kappa shape index (κ2) is 5.25. The maximum absolute atomic E-state index is 11.6. The van der Waals surface area contributed by atoms with Crippen molar-refractivity contribution in [3.05, 3.63) is 22.4 Å². The number of hydrogen-bond donors (Lipinski definition) is 2. The summed E-state index contributed by atoms with van der Waals surface area (Å²) in [6.45, 7) is 2.91. The fraction of sp³-hybridized carbons (Fsp3) is 0.500. The van der Waals surface area contributed by atoms with Crippen LogP contribution in [0.25, 0.3) is 0 Å². The zero-order chi connectivity index (χ0) is 10.5. The number of carbonyl (C=O) groups is 1. The van der Waals surface area contributed by atoms with Crippen LogP contribution in [0.1, 0.15) is 10.4 Å². The quantitative estimate of drug-likeness (QED) is 0.787. The largest absolute Gasteiger partial charge is 0.378 e. The van der Waals surface area contributed by atoms with Gasteiger partial charge in [-0.05, 0) is 11.4 Å². The molecule has 2 rings (SSSR count). The van der Waals surface area contributed by atoms with Gasteiger partial charge in [-0.15, -0.1) is 0 Å². The van der Waals surface area contributed by atoms with E-state index >= 15 is 0 Å². The highest BCUT2D eigenvalue weighted by Gasteiger charge is 2.14. The lowest BCUT2D eigenvalue weighted by molar-refractivity contribution is 0.0735. The molecule has 1 aromatic heterocycles. The zero-order valence-corrected chi connectivity index (χ0v) is 9.18. The fourth-order valence-corrected chi connectivity index (χ4v) is 2.10. The van der Waals surface area contributed by atoms with E-state index in [0.29, 0.717) is 13.2 Å². The highest BCUT2D eigenvalue weighted by Crippen LogP contribution is 2.05. The monoisotopic (exact) mass is 226 g/mol. The molecule has 1 unspecified atom stereocenters. The van der Waals surface area contributed by atoms with Crippen molar-refractivity contribution >= 4 is 17.2 Å². The molecule has 82 valence electrons. The maximum Gasteiger partial charge on any atom is 0.252 e. The van der Waals surface area contributed by atoms with Gasteiger partial charge in [-0.25, -0.2) is 0 Å². The molecule has 0 bridgehead atoms. The minimum Gasteiger partial charge on any atom is -0.378 e. The van der Waals surface area contributed by atoms with Gasteiger partial charge < -0.3 is 15.4 Å². The highest BCUT2D eigenvalue weighted by atomic mass is 32.1. The number of thiophene rings is 1. The van der Waals surface area contributed by atoms with Gasteiger partial charge >= 0.3 is 0 Å². The van der Waals surface area contributed by atoms with E-state index in [0.717, 1.165) is 18.7 Å². The first-order chi connectivity index (χ1) is 7.36. The lowest BCUT2D eigenvalue weighted by atomic mass is 10.2. The summed E-state index contributed by atoms with van der Waals surface area (Å²) < 4.78 is 5.29. The smallest absolute Gasteiger partial charge is 0.252 e. The van der Waals surface area contributed by atoms with E-state index in [9.17, 15) is 4.79 Å². The summed E-state index contributed by atoms with van der Waals surface area (Å²) in [5, 5.41) is 9.91. The normalized spacial score (nSPS) is 21.2. The molecule has 1 saturated heterocycles. The Morgan fingerprint density at radius 3 is 3.33 bits per heavy atom. The van der Waals surface area contributed by atoms with Crippen molar-refractivity contribution in [1.82, 2.24) is 10.6 Å². The van der Waals surface area contributed by atoms with Gasteiger partial charge in [0.15, 0.2) is 0 Å². The third kappa shape index (κ3) is 3.02. The molecule has 0 saturated carbocycles. The number of rotatable bonds is 3. The summed E-state index contributed by atoms with van der Waals surface area (Å²) >= 11 is 1.53. The van der Waals surface area contributed by atoms with Crippen LogP contribution in [-0.4, -0.2) is 38.3 Å². The molecule has 4 nitrogen and oxygen atoms in total. The molecule has 1 aliphatic rings. The Hall–Kier alpha value is -0.910. The van der Waals surface area contributed by atoms with Gasteiger partial charge in [0.05, 0.1) is 13.2 Å². The van der Waals surface area contributed by atoms with E-state index in [1.165, 1.54) is 11.3 Å². The van der Waals surface area contributed by atoms with Gasteiger partial charge in [0, 0.05) is 30.1 Å². The van der Waals surface area contributed by atoms with E-state index < -0.39 is 0 Å². The van der Waals surface area contributed by atoms with Gasteiger partial charge in [-0.2, -0.15) is 11.3 Å². The molecule has 1 aliphatic heterocycles. The number of carbonyl (C=O) groups excluding carboxylic acids is 1. The van der Waals surface area contributed by atoms with Crippen LogP contribution in [0, 0.1) is 0 Å². The third-order valence-electron chi connectivity index (χ3n) is 2.29. The van der Waals surface area contributed by atoms with Crippen molar-refractivity contribution in [2.45, 2.75) is 6.04 Å². The van der Waals surface area contributed by atoms with Crippen LogP contribution in [0.15, 0.2) is 16.8 Å². The van der Waals surface area contributed by atoms with Crippen LogP contribution in [0.4, 0.5) is 0 Å². The van der Waals surface area contributed by atoms with E-state index in [-0.39, 0.29) is 11.9 Å². The number of nitrogens with one attached hydrogen (secondary N) is 2. The number of morpholine rings is 1. The van der Waals surface area contributed by atoms with Gasteiger partial charge in [0.2, 0.25) is 0 Å². The molecule has 1 atom stereocenters. The van der Waals surface area contributed by atoms with E-state index in [4.69, 9.17) is 4.74 Å². The number of amides is 1. The summed E-state index contributed by atoms with van der Waals surface area (Å²) in [6, 6.07) is 2.06. The maximum atomic E-state index is 11.6. The van der Waals surface area contributed by atoms with E-state index in [2.05, 4.69) is 10.6 Å². The second-order valence-electron chi connectivity index (χ2n) is 3.45. The molecule has 0 spiro atoms. The van der Waals surface area contributed by atoms with Crippen molar-refractivity contribution in [3.63, 3.8) is 0 Å². The first-order valence-corrected chi connectivity index (χ1v) is 5.92. The molecular weight excluding hydrogens is 212 g/mol. The van der Waals surface area contributed by atoms with E-state index in [1.807, 2.05) is 16.8 Å². The number of hydrogen-bond acceptors (Lipinski definition) is 4. The Morgan fingerprint density at radius 1 is 1.73 bits per heavy atom. The molecule has 1 aromatic rings. The Balaban J connectivity index is 1.75. The molecule has 5 heteroatoms. The first-order valence-electron chi connectivity index (χ1n) is 4.98. The third-order valence-corrected chi connectivity index (χ3v) is 2.97. The van der Waals surface area contributed by atoms with Crippen molar-refractivity contribution in [2.75, 3.05) is 26.3 Å². The van der Waals surface area contributed by atoms with Crippen LogP contribution >= 0.6 is 11.3 Å². The Labute approximate surface area is 92.6 Å². The van der Waals surface area contributed by atoms with Crippen LogP contribution in [0.3, 0.4) is 0 Å². The second-order valence-corrected chi connectivity index (χ2v) is 4.23. The zero-order valence-electron chi connectivity index (χ0n) is 8.36. The first kappa shape index (κ1) is 10.6. The van der Waals surface area contributed by atoms with Crippen molar-refractivity contribution < 1.29 is 9.53 Å². The molecule has 0 aliphatic carbocycles.